The lowest BCUT2D eigenvalue weighted by Gasteiger charge is -2.06. The van der Waals surface area contributed by atoms with Gasteiger partial charge in [0, 0.05) is 12.2 Å². The van der Waals surface area contributed by atoms with Crippen molar-refractivity contribution in [3.8, 4) is 0 Å². The average Bonchev–Trinajstić information content (AvgIpc) is 3.00. The van der Waals surface area contributed by atoms with Crippen LogP contribution in [0.2, 0.25) is 0 Å². The second-order valence-corrected chi connectivity index (χ2v) is 4.89. The fourth-order valence-corrected chi connectivity index (χ4v) is 1.84. The van der Waals surface area contributed by atoms with Crippen LogP contribution < -0.4 is 5.32 Å². The van der Waals surface area contributed by atoms with Gasteiger partial charge in [-0.2, -0.15) is 10.2 Å². The quantitative estimate of drug-likeness (QED) is 0.770. The molecule has 2 rings (SSSR count). The topological polar surface area (TPSA) is 60.6 Å². The number of hydrogen-bond acceptors (Lipinski definition) is 4. The zero-order valence-corrected chi connectivity index (χ0v) is 11.9. The van der Waals surface area contributed by atoms with Gasteiger partial charge in [0.15, 0.2) is 0 Å². The van der Waals surface area contributed by atoms with Crippen molar-refractivity contribution >= 4 is 0 Å². The highest BCUT2D eigenvalue weighted by Gasteiger charge is 2.07. The summed E-state index contributed by atoms with van der Waals surface area (Å²) in [5, 5.41) is 12.1. The first-order chi connectivity index (χ1) is 9.20. The maximum absolute atomic E-state index is 4.53. The molecule has 1 N–H and O–H groups in total. The first-order valence-corrected chi connectivity index (χ1v) is 6.82. The van der Waals surface area contributed by atoms with Gasteiger partial charge in [0.25, 0.3) is 0 Å². The van der Waals surface area contributed by atoms with Gasteiger partial charge in [-0.15, -0.1) is 0 Å². The number of nitrogens with one attached hydrogen (secondary N) is 1. The maximum Gasteiger partial charge on any atom is 0.141 e. The smallest absolute Gasteiger partial charge is 0.141 e. The monoisotopic (exact) mass is 262 g/mol. The molecule has 0 atom stereocenters. The molecule has 2 heterocycles. The molecule has 0 saturated carbocycles. The van der Waals surface area contributed by atoms with Crippen LogP contribution >= 0.6 is 0 Å². The molecule has 0 bridgehead atoms. The fraction of sp³-hybridized carbons (Fsp3) is 0.615. The molecular formula is C13H22N6. The third kappa shape index (κ3) is 3.64. The van der Waals surface area contributed by atoms with Crippen molar-refractivity contribution in [3.63, 3.8) is 0 Å². The van der Waals surface area contributed by atoms with Gasteiger partial charge in [0.05, 0.1) is 18.8 Å². The van der Waals surface area contributed by atoms with Crippen LogP contribution in [0.25, 0.3) is 0 Å². The minimum absolute atomic E-state index is 0.384. The molecule has 6 heteroatoms. The zero-order chi connectivity index (χ0) is 13.7. The summed E-state index contributed by atoms with van der Waals surface area (Å²) in [6.45, 7) is 8.80. The van der Waals surface area contributed by atoms with Crippen LogP contribution in [0.5, 0.6) is 0 Å². The molecule has 0 aliphatic rings. The second-order valence-electron chi connectivity index (χ2n) is 4.89. The van der Waals surface area contributed by atoms with Gasteiger partial charge in [-0.05, 0) is 32.9 Å². The Morgan fingerprint density at radius 2 is 2.21 bits per heavy atom. The van der Waals surface area contributed by atoms with Gasteiger partial charge >= 0.3 is 0 Å². The number of rotatable bonds is 7. The van der Waals surface area contributed by atoms with E-state index in [1.165, 1.54) is 0 Å². The Labute approximate surface area is 113 Å². The molecule has 0 aliphatic carbocycles. The van der Waals surface area contributed by atoms with E-state index in [-0.39, 0.29) is 0 Å². The summed E-state index contributed by atoms with van der Waals surface area (Å²) in [6.07, 6.45) is 4.72. The number of hydrogen-bond donors (Lipinski definition) is 1. The van der Waals surface area contributed by atoms with Gasteiger partial charge in [-0.3, -0.25) is 4.68 Å². The number of nitrogens with zero attached hydrogens (tertiary/aromatic N) is 5. The third-order valence-electron chi connectivity index (χ3n) is 2.91. The predicted molar refractivity (Wildman–Crippen MR) is 73.7 cm³/mol. The third-order valence-corrected chi connectivity index (χ3v) is 2.91. The minimum atomic E-state index is 0.384. The molecule has 0 unspecified atom stereocenters. The van der Waals surface area contributed by atoms with E-state index in [2.05, 4.69) is 41.3 Å². The SMILES string of the molecule is CCCNCc1ncnn1Cc1ccn(C(C)C)n1. The van der Waals surface area contributed by atoms with E-state index in [1.54, 1.807) is 6.33 Å². The van der Waals surface area contributed by atoms with E-state index < -0.39 is 0 Å². The molecule has 0 spiro atoms. The summed E-state index contributed by atoms with van der Waals surface area (Å²) < 4.78 is 3.86. The highest BCUT2D eigenvalue weighted by Crippen LogP contribution is 2.06. The molecule has 2 aromatic rings. The predicted octanol–water partition coefficient (Wildman–Crippen LogP) is 1.60. The standard InChI is InChI=1S/C13H22N6/c1-4-6-14-8-13-15-10-16-19(13)9-12-5-7-18(17-12)11(2)3/h5,7,10-11,14H,4,6,8-9H2,1-3H3. The van der Waals surface area contributed by atoms with Crippen LogP contribution in [0.15, 0.2) is 18.6 Å². The van der Waals surface area contributed by atoms with Gasteiger partial charge in [0.2, 0.25) is 0 Å². The Bertz CT molecular complexity index is 499. The first kappa shape index (κ1) is 13.7. The molecule has 0 amide bonds. The first-order valence-electron chi connectivity index (χ1n) is 6.82. The largest absolute Gasteiger partial charge is 0.310 e. The lowest BCUT2D eigenvalue weighted by Crippen LogP contribution is -2.18. The maximum atomic E-state index is 4.53. The van der Waals surface area contributed by atoms with Crippen LogP contribution in [0.3, 0.4) is 0 Å². The molecular weight excluding hydrogens is 240 g/mol. The second kappa shape index (κ2) is 6.47. The lowest BCUT2D eigenvalue weighted by atomic mass is 10.4. The van der Waals surface area contributed by atoms with Crippen molar-refractivity contribution < 1.29 is 0 Å². The Hall–Kier alpha value is -1.69. The van der Waals surface area contributed by atoms with E-state index in [4.69, 9.17) is 0 Å². The Kier molecular flexibility index (Phi) is 4.68. The van der Waals surface area contributed by atoms with Crippen molar-refractivity contribution in [2.45, 2.75) is 46.3 Å². The lowest BCUT2D eigenvalue weighted by molar-refractivity contribution is 0.516. The van der Waals surface area contributed by atoms with E-state index >= 15 is 0 Å². The summed E-state index contributed by atoms with van der Waals surface area (Å²) in [7, 11) is 0. The molecule has 0 saturated heterocycles. The van der Waals surface area contributed by atoms with Gasteiger partial charge in [-0.1, -0.05) is 6.92 Å². The van der Waals surface area contributed by atoms with Crippen molar-refractivity contribution in [2.24, 2.45) is 0 Å². The highest BCUT2D eigenvalue weighted by atomic mass is 15.4. The molecule has 2 aromatic heterocycles. The van der Waals surface area contributed by atoms with Crippen molar-refractivity contribution in [2.75, 3.05) is 6.54 Å². The van der Waals surface area contributed by atoms with Gasteiger partial charge in [0.1, 0.15) is 12.2 Å². The van der Waals surface area contributed by atoms with E-state index in [1.807, 2.05) is 21.6 Å². The van der Waals surface area contributed by atoms with Crippen LogP contribution in [-0.2, 0) is 13.1 Å². The van der Waals surface area contributed by atoms with Gasteiger partial charge in [-0.25, -0.2) is 9.67 Å². The molecule has 0 fully saturated rings. The average molecular weight is 262 g/mol. The zero-order valence-electron chi connectivity index (χ0n) is 11.9. The van der Waals surface area contributed by atoms with E-state index in [9.17, 15) is 0 Å². The van der Waals surface area contributed by atoms with Crippen LogP contribution in [0.4, 0.5) is 0 Å². The molecule has 6 nitrogen and oxygen atoms in total. The summed E-state index contributed by atoms with van der Waals surface area (Å²) in [5.74, 6) is 0.951. The Balaban J connectivity index is 2.00. The van der Waals surface area contributed by atoms with Crippen LogP contribution in [-0.4, -0.2) is 31.1 Å². The molecule has 0 radical (unpaired) electrons. The van der Waals surface area contributed by atoms with Crippen molar-refractivity contribution in [1.29, 1.82) is 0 Å². The van der Waals surface area contributed by atoms with Crippen LogP contribution in [0, 0.1) is 0 Å². The summed E-state index contributed by atoms with van der Waals surface area (Å²) in [5.41, 5.74) is 1.01. The highest BCUT2D eigenvalue weighted by molar-refractivity contribution is 5.01. The minimum Gasteiger partial charge on any atom is -0.310 e. The Morgan fingerprint density at radius 1 is 1.37 bits per heavy atom. The fourth-order valence-electron chi connectivity index (χ4n) is 1.84. The molecule has 0 aliphatic heterocycles. The summed E-state index contributed by atoms with van der Waals surface area (Å²) >= 11 is 0. The molecule has 19 heavy (non-hydrogen) atoms. The van der Waals surface area contributed by atoms with E-state index in [0.717, 1.165) is 31.0 Å². The summed E-state index contributed by atoms with van der Waals surface area (Å²) in [6, 6.07) is 2.42. The van der Waals surface area contributed by atoms with Gasteiger partial charge < -0.3 is 5.32 Å². The molecule has 0 aromatic carbocycles. The summed E-state index contributed by atoms with van der Waals surface area (Å²) in [4.78, 5) is 4.28. The molecule has 104 valence electrons. The Morgan fingerprint density at radius 3 is 2.89 bits per heavy atom. The van der Waals surface area contributed by atoms with Crippen LogP contribution in [0.1, 0.15) is 44.8 Å². The van der Waals surface area contributed by atoms with Crippen molar-refractivity contribution in [1.82, 2.24) is 29.9 Å². The van der Waals surface area contributed by atoms with Crippen molar-refractivity contribution in [3.05, 3.63) is 30.1 Å². The number of aromatic nitrogens is 5. The normalized spacial score (nSPS) is 11.4. The van der Waals surface area contributed by atoms with E-state index in [0.29, 0.717) is 12.6 Å².